The van der Waals surface area contributed by atoms with Gasteiger partial charge in [0, 0.05) is 17.9 Å². The predicted octanol–water partition coefficient (Wildman–Crippen LogP) is 2.76. The van der Waals surface area contributed by atoms with Gasteiger partial charge in [-0.15, -0.1) is 0 Å². The summed E-state index contributed by atoms with van der Waals surface area (Å²) < 4.78 is 1.67. The van der Waals surface area contributed by atoms with E-state index < -0.39 is 0 Å². The fraction of sp³-hybridized carbons (Fsp3) is 0.375. The molecule has 0 aliphatic heterocycles. The van der Waals surface area contributed by atoms with Gasteiger partial charge in [-0.1, -0.05) is 19.8 Å². The zero-order valence-electron chi connectivity index (χ0n) is 12.5. The summed E-state index contributed by atoms with van der Waals surface area (Å²) in [7, 11) is 0. The maximum Gasteiger partial charge on any atom is 0.271 e. The Kier molecular flexibility index (Phi) is 4.98. The first kappa shape index (κ1) is 15.1. The Morgan fingerprint density at radius 2 is 2.05 bits per heavy atom. The summed E-state index contributed by atoms with van der Waals surface area (Å²) in [5, 5.41) is 7.28. The van der Waals surface area contributed by atoms with Gasteiger partial charge in [0.15, 0.2) is 5.69 Å². The van der Waals surface area contributed by atoms with Crippen LogP contribution in [0, 0.1) is 0 Å². The Morgan fingerprint density at radius 3 is 2.71 bits per heavy atom. The topological polar surface area (TPSA) is 72.9 Å². The van der Waals surface area contributed by atoms with E-state index in [0.717, 1.165) is 24.9 Å². The third kappa shape index (κ3) is 4.08. The highest BCUT2D eigenvalue weighted by atomic mass is 16.2. The molecule has 1 aromatic carbocycles. The second kappa shape index (κ2) is 6.92. The normalized spacial score (nSPS) is 12.1. The number of rotatable bonds is 6. The van der Waals surface area contributed by atoms with E-state index in [9.17, 15) is 4.79 Å². The summed E-state index contributed by atoms with van der Waals surface area (Å²) in [5.41, 5.74) is 7.66. The SMILES string of the molecule is CCCCC(C)NC(=O)c1ccn(-c2ccc(N)cc2)n1. The van der Waals surface area contributed by atoms with E-state index in [0.29, 0.717) is 11.4 Å². The van der Waals surface area contributed by atoms with Crippen molar-refractivity contribution in [1.82, 2.24) is 15.1 Å². The molecular weight excluding hydrogens is 264 g/mol. The van der Waals surface area contributed by atoms with Gasteiger partial charge in [-0.2, -0.15) is 5.10 Å². The minimum absolute atomic E-state index is 0.132. The second-order valence-electron chi connectivity index (χ2n) is 5.25. The van der Waals surface area contributed by atoms with Gasteiger partial charge < -0.3 is 11.1 Å². The molecule has 1 unspecified atom stereocenters. The molecule has 5 nitrogen and oxygen atoms in total. The zero-order chi connectivity index (χ0) is 15.2. The number of nitrogens with zero attached hydrogens (tertiary/aromatic N) is 2. The monoisotopic (exact) mass is 286 g/mol. The number of nitrogens with one attached hydrogen (secondary N) is 1. The number of hydrogen-bond acceptors (Lipinski definition) is 3. The van der Waals surface area contributed by atoms with Crippen LogP contribution in [0.1, 0.15) is 43.6 Å². The lowest BCUT2D eigenvalue weighted by molar-refractivity contribution is 0.0932. The summed E-state index contributed by atoms with van der Waals surface area (Å²) in [4.78, 5) is 12.1. The quantitative estimate of drug-likeness (QED) is 0.802. The molecule has 0 bridgehead atoms. The van der Waals surface area contributed by atoms with E-state index in [1.807, 2.05) is 31.2 Å². The van der Waals surface area contributed by atoms with Crippen LogP contribution in [0.15, 0.2) is 36.5 Å². The van der Waals surface area contributed by atoms with Crippen molar-refractivity contribution in [3.05, 3.63) is 42.2 Å². The Morgan fingerprint density at radius 1 is 1.33 bits per heavy atom. The summed E-state index contributed by atoms with van der Waals surface area (Å²) in [6.45, 7) is 4.16. The highest BCUT2D eigenvalue weighted by Crippen LogP contribution is 2.11. The molecule has 112 valence electrons. The Bertz CT molecular complexity index is 589. The molecule has 0 fully saturated rings. The summed E-state index contributed by atoms with van der Waals surface area (Å²) in [5.74, 6) is -0.132. The van der Waals surface area contributed by atoms with Crippen LogP contribution in [0.4, 0.5) is 5.69 Å². The molecule has 0 spiro atoms. The summed E-state index contributed by atoms with van der Waals surface area (Å²) in [6.07, 6.45) is 5.01. The van der Waals surface area contributed by atoms with Crippen molar-refractivity contribution in [2.75, 3.05) is 5.73 Å². The maximum atomic E-state index is 12.1. The molecule has 0 saturated heterocycles. The van der Waals surface area contributed by atoms with Gasteiger partial charge >= 0.3 is 0 Å². The first-order valence-corrected chi connectivity index (χ1v) is 7.32. The van der Waals surface area contributed by atoms with Crippen molar-refractivity contribution in [3.63, 3.8) is 0 Å². The number of nitrogen functional groups attached to an aromatic ring is 1. The van der Waals surface area contributed by atoms with Crippen LogP contribution in [-0.2, 0) is 0 Å². The Balaban J connectivity index is 2.02. The van der Waals surface area contributed by atoms with Gasteiger partial charge in [0.1, 0.15) is 0 Å². The molecule has 0 radical (unpaired) electrons. The van der Waals surface area contributed by atoms with Crippen molar-refractivity contribution in [2.45, 2.75) is 39.2 Å². The summed E-state index contributed by atoms with van der Waals surface area (Å²) in [6, 6.07) is 9.24. The molecular formula is C16H22N4O. The molecule has 0 saturated carbocycles. The Hall–Kier alpha value is -2.30. The van der Waals surface area contributed by atoms with Gasteiger partial charge in [0.05, 0.1) is 5.69 Å². The highest BCUT2D eigenvalue weighted by molar-refractivity contribution is 5.92. The molecule has 0 aliphatic carbocycles. The van der Waals surface area contributed by atoms with Crippen molar-refractivity contribution >= 4 is 11.6 Å². The van der Waals surface area contributed by atoms with Crippen LogP contribution < -0.4 is 11.1 Å². The molecule has 21 heavy (non-hydrogen) atoms. The molecule has 1 aromatic heterocycles. The minimum atomic E-state index is -0.132. The predicted molar refractivity (Wildman–Crippen MR) is 84.4 cm³/mol. The molecule has 1 atom stereocenters. The van der Waals surface area contributed by atoms with Crippen molar-refractivity contribution in [1.29, 1.82) is 0 Å². The van der Waals surface area contributed by atoms with Crippen LogP contribution in [-0.4, -0.2) is 21.7 Å². The van der Waals surface area contributed by atoms with Crippen LogP contribution in [0.2, 0.25) is 0 Å². The molecule has 1 heterocycles. The van der Waals surface area contributed by atoms with Crippen molar-refractivity contribution < 1.29 is 4.79 Å². The molecule has 3 N–H and O–H groups in total. The van der Waals surface area contributed by atoms with E-state index in [-0.39, 0.29) is 11.9 Å². The average Bonchev–Trinajstić information content (AvgIpc) is 2.96. The van der Waals surface area contributed by atoms with Gasteiger partial charge in [-0.25, -0.2) is 4.68 Å². The fourth-order valence-corrected chi connectivity index (χ4v) is 2.10. The zero-order valence-corrected chi connectivity index (χ0v) is 12.5. The highest BCUT2D eigenvalue weighted by Gasteiger charge is 2.12. The van der Waals surface area contributed by atoms with Crippen LogP contribution >= 0.6 is 0 Å². The number of nitrogens with two attached hydrogens (primary N) is 1. The number of amides is 1. The number of unbranched alkanes of at least 4 members (excludes halogenated alkanes) is 1. The van der Waals surface area contributed by atoms with Gasteiger partial charge in [-0.3, -0.25) is 4.79 Å². The molecule has 2 rings (SSSR count). The van der Waals surface area contributed by atoms with E-state index in [4.69, 9.17) is 5.73 Å². The van der Waals surface area contributed by atoms with Crippen molar-refractivity contribution in [3.8, 4) is 5.69 Å². The lowest BCUT2D eigenvalue weighted by atomic mass is 10.1. The van der Waals surface area contributed by atoms with E-state index in [1.54, 1.807) is 16.9 Å². The first-order chi connectivity index (χ1) is 10.1. The minimum Gasteiger partial charge on any atom is -0.399 e. The lowest BCUT2D eigenvalue weighted by Crippen LogP contribution is -2.32. The Labute approximate surface area is 125 Å². The molecule has 5 heteroatoms. The molecule has 1 amide bonds. The largest absolute Gasteiger partial charge is 0.399 e. The van der Waals surface area contributed by atoms with Gasteiger partial charge in [0.25, 0.3) is 5.91 Å². The number of benzene rings is 1. The van der Waals surface area contributed by atoms with Gasteiger partial charge in [-0.05, 0) is 43.7 Å². The smallest absolute Gasteiger partial charge is 0.271 e. The van der Waals surface area contributed by atoms with Gasteiger partial charge in [0.2, 0.25) is 0 Å². The average molecular weight is 286 g/mol. The van der Waals surface area contributed by atoms with E-state index in [2.05, 4.69) is 17.3 Å². The number of hydrogen-bond donors (Lipinski definition) is 2. The molecule has 2 aromatic rings. The van der Waals surface area contributed by atoms with E-state index in [1.165, 1.54) is 0 Å². The van der Waals surface area contributed by atoms with Crippen LogP contribution in [0.5, 0.6) is 0 Å². The lowest BCUT2D eigenvalue weighted by Gasteiger charge is -2.11. The number of carbonyl (C=O) groups excluding carboxylic acids is 1. The molecule has 0 aliphatic rings. The fourth-order valence-electron chi connectivity index (χ4n) is 2.10. The standard InChI is InChI=1S/C16H22N4O/c1-3-4-5-12(2)18-16(21)15-10-11-20(19-15)14-8-6-13(17)7-9-14/h6-12H,3-5,17H2,1-2H3,(H,18,21). The third-order valence-corrected chi connectivity index (χ3v) is 3.35. The first-order valence-electron chi connectivity index (χ1n) is 7.32. The number of aromatic nitrogens is 2. The van der Waals surface area contributed by atoms with E-state index >= 15 is 0 Å². The van der Waals surface area contributed by atoms with Crippen LogP contribution in [0.25, 0.3) is 5.69 Å². The summed E-state index contributed by atoms with van der Waals surface area (Å²) >= 11 is 0. The van der Waals surface area contributed by atoms with Crippen molar-refractivity contribution in [2.24, 2.45) is 0 Å². The number of carbonyl (C=O) groups is 1. The third-order valence-electron chi connectivity index (χ3n) is 3.35. The maximum absolute atomic E-state index is 12.1. The van der Waals surface area contributed by atoms with Crippen LogP contribution in [0.3, 0.4) is 0 Å². The second-order valence-corrected chi connectivity index (χ2v) is 5.25. The number of anilines is 1.